The molecule has 0 aromatic rings. The molecule has 0 saturated heterocycles. The second kappa shape index (κ2) is 55.2. The van der Waals surface area contributed by atoms with Gasteiger partial charge in [0.25, 0.3) is 0 Å². The number of carbonyl (C=O) groups is 2. The first kappa shape index (κ1) is 63.6. The summed E-state index contributed by atoms with van der Waals surface area (Å²) in [4.78, 5) is 24.6. The van der Waals surface area contributed by atoms with Crippen molar-refractivity contribution in [3.63, 3.8) is 0 Å². The van der Waals surface area contributed by atoms with Crippen LogP contribution in [0.4, 0.5) is 0 Å². The van der Waals surface area contributed by atoms with Crippen molar-refractivity contribution in [2.75, 3.05) is 13.2 Å². The van der Waals surface area contributed by atoms with Crippen molar-refractivity contribution in [2.24, 2.45) is 0 Å². The number of hydrogen-bond donors (Lipinski definition) is 3. The fourth-order valence-corrected chi connectivity index (χ4v) is 9.28. The zero-order valence-electron chi connectivity index (χ0n) is 44.0. The van der Waals surface area contributed by atoms with E-state index < -0.39 is 12.1 Å². The normalized spacial score (nSPS) is 12.6. The lowest BCUT2D eigenvalue weighted by Crippen LogP contribution is -2.45. The summed E-state index contributed by atoms with van der Waals surface area (Å²) in [5.74, 6) is -0.0630. The Bertz CT molecular complexity index is 970. The Labute approximate surface area is 406 Å². The number of nitrogens with one attached hydrogen (secondary N) is 1. The van der Waals surface area contributed by atoms with Crippen molar-refractivity contribution in [1.82, 2.24) is 5.32 Å². The largest absolute Gasteiger partial charge is 0.466 e. The second-order valence-corrected chi connectivity index (χ2v) is 20.3. The smallest absolute Gasteiger partial charge is 0.305 e. The van der Waals surface area contributed by atoms with Crippen LogP contribution in [0.5, 0.6) is 0 Å². The van der Waals surface area contributed by atoms with Gasteiger partial charge in [-0.05, 0) is 51.4 Å². The summed E-state index contributed by atoms with van der Waals surface area (Å²) >= 11 is 0. The summed E-state index contributed by atoms with van der Waals surface area (Å²) in [7, 11) is 0. The fourth-order valence-electron chi connectivity index (χ4n) is 9.28. The van der Waals surface area contributed by atoms with Gasteiger partial charge in [0.15, 0.2) is 0 Å². The Balaban J connectivity index is 3.45. The van der Waals surface area contributed by atoms with Crippen molar-refractivity contribution in [3.8, 4) is 0 Å². The van der Waals surface area contributed by atoms with Crippen LogP contribution in [0.2, 0.25) is 0 Å². The average Bonchev–Trinajstić information content (AvgIpc) is 3.31. The third-order valence-corrected chi connectivity index (χ3v) is 13.8. The summed E-state index contributed by atoms with van der Waals surface area (Å²) in [5.41, 5.74) is 0. The summed E-state index contributed by atoms with van der Waals surface area (Å²) in [6.07, 6.45) is 64.8. The lowest BCUT2D eigenvalue weighted by Gasteiger charge is -2.22. The molecule has 0 fully saturated rings. The Morgan fingerprint density at radius 2 is 0.723 bits per heavy atom. The molecule has 0 rings (SSSR count). The molecule has 65 heavy (non-hydrogen) atoms. The molecule has 0 bridgehead atoms. The first-order valence-electron chi connectivity index (χ1n) is 29.4. The first-order valence-corrected chi connectivity index (χ1v) is 29.4. The number of amides is 1. The zero-order valence-corrected chi connectivity index (χ0v) is 44.0. The first-order chi connectivity index (χ1) is 32.0. The van der Waals surface area contributed by atoms with Crippen LogP contribution in [0.1, 0.15) is 328 Å². The van der Waals surface area contributed by atoms with Crippen molar-refractivity contribution >= 4 is 11.9 Å². The van der Waals surface area contributed by atoms with Gasteiger partial charge in [-0.15, -0.1) is 0 Å². The van der Waals surface area contributed by atoms with Gasteiger partial charge in [-0.25, -0.2) is 0 Å². The van der Waals surface area contributed by atoms with E-state index in [-0.39, 0.29) is 18.5 Å². The molecule has 6 heteroatoms. The van der Waals surface area contributed by atoms with E-state index in [4.69, 9.17) is 4.74 Å². The molecule has 1 amide bonds. The highest BCUT2D eigenvalue weighted by atomic mass is 16.5. The predicted molar refractivity (Wildman–Crippen MR) is 283 cm³/mol. The Kier molecular flexibility index (Phi) is 54.0. The lowest BCUT2D eigenvalue weighted by atomic mass is 10.0. The van der Waals surface area contributed by atoms with Gasteiger partial charge in [0.1, 0.15) is 0 Å². The van der Waals surface area contributed by atoms with Gasteiger partial charge in [-0.1, -0.05) is 276 Å². The number of unbranched alkanes of at least 4 members (excludes halogenated alkanes) is 42. The third kappa shape index (κ3) is 51.8. The molecule has 2 unspecified atom stereocenters. The molecule has 0 aromatic carbocycles. The van der Waals surface area contributed by atoms with E-state index in [1.54, 1.807) is 0 Å². The molecule has 386 valence electrons. The SMILES string of the molecule is CCCCCCCCC/C=C\CCCCCCCC(=O)OCCCCCCCCCCCCCCC(=O)NC(CO)C(O)CCCCCCCCCCCCCCCCCCCCCC. The van der Waals surface area contributed by atoms with Gasteiger partial charge in [-0.3, -0.25) is 9.59 Å². The molecule has 2 atom stereocenters. The fraction of sp³-hybridized carbons (Fsp3) is 0.932. The molecule has 0 saturated carbocycles. The Morgan fingerprint density at radius 3 is 1.09 bits per heavy atom. The van der Waals surface area contributed by atoms with E-state index in [9.17, 15) is 19.8 Å². The van der Waals surface area contributed by atoms with Crippen molar-refractivity contribution in [2.45, 2.75) is 341 Å². The van der Waals surface area contributed by atoms with Crippen molar-refractivity contribution in [1.29, 1.82) is 0 Å². The molecule has 0 spiro atoms. The zero-order chi connectivity index (χ0) is 47.2. The lowest BCUT2D eigenvalue weighted by molar-refractivity contribution is -0.143. The number of aliphatic hydroxyl groups excluding tert-OH is 2. The highest BCUT2D eigenvalue weighted by Gasteiger charge is 2.20. The number of esters is 1. The second-order valence-electron chi connectivity index (χ2n) is 20.3. The van der Waals surface area contributed by atoms with Crippen LogP contribution >= 0.6 is 0 Å². The molecule has 0 aromatic heterocycles. The van der Waals surface area contributed by atoms with Gasteiger partial charge < -0.3 is 20.3 Å². The van der Waals surface area contributed by atoms with Crippen molar-refractivity contribution < 1.29 is 24.5 Å². The van der Waals surface area contributed by atoms with E-state index in [1.165, 1.54) is 238 Å². The van der Waals surface area contributed by atoms with Gasteiger partial charge in [0.05, 0.1) is 25.4 Å². The van der Waals surface area contributed by atoms with E-state index in [1.807, 2.05) is 0 Å². The summed E-state index contributed by atoms with van der Waals surface area (Å²) in [5, 5.41) is 23.3. The van der Waals surface area contributed by atoms with Crippen LogP contribution in [-0.2, 0) is 14.3 Å². The van der Waals surface area contributed by atoms with Gasteiger partial charge in [0, 0.05) is 12.8 Å². The summed E-state index contributed by atoms with van der Waals surface area (Å²) < 4.78 is 5.47. The number of hydrogen-bond acceptors (Lipinski definition) is 5. The number of ether oxygens (including phenoxy) is 1. The number of carbonyl (C=O) groups excluding carboxylic acids is 2. The molecular formula is C59H115NO5. The quantitative estimate of drug-likeness (QED) is 0.0321. The minimum atomic E-state index is -0.675. The van der Waals surface area contributed by atoms with Crippen molar-refractivity contribution in [3.05, 3.63) is 12.2 Å². The van der Waals surface area contributed by atoms with Gasteiger partial charge in [-0.2, -0.15) is 0 Å². The summed E-state index contributed by atoms with van der Waals surface area (Å²) in [6.45, 7) is 4.94. The monoisotopic (exact) mass is 918 g/mol. The van der Waals surface area contributed by atoms with E-state index in [0.717, 1.165) is 57.8 Å². The van der Waals surface area contributed by atoms with Crippen LogP contribution in [-0.4, -0.2) is 47.4 Å². The van der Waals surface area contributed by atoms with Gasteiger partial charge in [0.2, 0.25) is 5.91 Å². The molecular weight excluding hydrogens is 803 g/mol. The van der Waals surface area contributed by atoms with E-state index in [0.29, 0.717) is 25.9 Å². The van der Waals surface area contributed by atoms with Crippen LogP contribution in [0.25, 0.3) is 0 Å². The molecule has 6 nitrogen and oxygen atoms in total. The maximum Gasteiger partial charge on any atom is 0.305 e. The standard InChI is InChI=1S/C59H115NO5/c1-3-5-7-9-11-13-15-17-19-21-22-23-24-25-27-31-35-39-43-47-51-57(62)56(55-61)60-58(63)52-48-44-40-36-32-29-30-34-38-42-46-50-54-65-59(64)53-49-45-41-37-33-28-26-20-18-16-14-12-10-8-6-4-2/h20,26,56-57,61-62H,3-19,21-25,27-55H2,1-2H3,(H,60,63)/b26-20-. The molecule has 0 heterocycles. The highest BCUT2D eigenvalue weighted by molar-refractivity contribution is 5.76. The minimum absolute atomic E-state index is 0.0155. The molecule has 0 radical (unpaired) electrons. The Morgan fingerprint density at radius 1 is 0.415 bits per heavy atom. The minimum Gasteiger partial charge on any atom is -0.466 e. The summed E-state index contributed by atoms with van der Waals surface area (Å²) in [6, 6.07) is -0.553. The maximum atomic E-state index is 12.5. The average molecular weight is 919 g/mol. The van der Waals surface area contributed by atoms with Crippen LogP contribution < -0.4 is 5.32 Å². The maximum absolute atomic E-state index is 12.5. The van der Waals surface area contributed by atoms with E-state index in [2.05, 4.69) is 31.3 Å². The number of rotatable bonds is 55. The number of aliphatic hydroxyl groups is 2. The molecule has 3 N–H and O–H groups in total. The topological polar surface area (TPSA) is 95.9 Å². The van der Waals surface area contributed by atoms with Gasteiger partial charge >= 0.3 is 5.97 Å². The molecule has 0 aliphatic heterocycles. The predicted octanol–water partition coefficient (Wildman–Crippen LogP) is 18.1. The van der Waals surface area contributed by atoms with E-state index >= 15 is 0 Å². The van der Waals surface area contributed by atoms with Crippen LogP contribution in [0, 0.1) is 0 Å². The van der Waals surface area contributed by atoms with Crippen LogP contribution in [0.15, 0.2) is 12.2 Å². The molecule has 0 aliphatic carbocycles. The number of allylic oxidation sites excluding steroid dienone is 2. The highest BCUT2D eigenvalue weighted by Crippen LogP contribution is 2.18. The Hall–Kier alpha value is -1.40. The molecule has 0 aliphatic rings. The third-order valence-electron chi connectivity index (χ3n) is 13.8. The van der Waals surface area contributed by atoms with Crippen LogP contribution in [0.3, 0.4) is 0 Å².